The van der Waals surface area contributed by atoms with Crippen LogP contribution in [0.3, 0.4) is 0 Å². The van der Waals surface area contributed by atoms with Gasteiger partial charge in [-0.2, -0.15) is 0 Å². The zero-order chi connectivity index (χ0) is 14.3. The van der Waals surface area contributed by atoms with Crippen molar-refractivity contribution in [3.63, 3.8) is 0 Å². The van der Waals surface area contributed by atoms with Crippen LogP contribution in [0.15, 0.2) is 36.4 Å². The Balaban J connectivity index is 1.99. The normalized spacial score (nSPS) is 16.8. The Morgan fingerprint density at radius 1 is 1.25 bits per heavy atom. The molecular formula is C15H13ClN2O2. The molecule has 0 fully saturated rings. The standard InChI is InChI=1S/C15H13ClN2O2/c1-8-4-2-3-5-12(8)20-13-7-11-9(6-10(13)16)14(17)15(19)18-11/h2-7,14H,17H2,1H3,(H,18,19)/t14-/m1/s1. The summed E-state index contributed by atoms with van der Waals surface area (Å²) in [7, 11) is 0. The van der Waals surface area contributed by atoms with E-state index < -0.39 is 6.04 Å². The van der Waals surface area contributed by atoms with Crippen molar-refractivity contribution >= 4 is 23.2 Å². The lowest BCUT2D eigenvalue weighted by Gasteiger charge is -2.12. The van der Waals surface area contributed by atoms with Crippen LogP contribution in [0.25, 0.3) is 0 Å². The van der Waals surface area contributed by atoms with Crippen molar-refractivity contribution in [3.05, 3.63) is 52.5 Å². The van der Waals surface area contributed by atoms with Crippen molar-refractivity contribution in [1.82, 2.24) is 0 Å². The SMILES string of the molecule is Cc1ccccc1Oc1cc2c(cc1Cl)[C@@H](N)C(=O)N2. The second kappa shape index (κ2) is 4.81. The summed E-state index contributed by atoms with van der Waals surface area (Å²) in [6.45, 7) is 1.95. The van der Waals surface area contributed by atoms with Crippen LogP contribution in [0.1, 0.15) is 17.2 Å². The minimum absolute atomic E-state index is 0.232. The van der Waals surface area contributed by atoms with Crippen LogP contribution in [0.5, 0.6) is 11.5 Å². The zero-order valence-electron chi connectivity index (χ0n) is 10.8. The van der Waals surface area contributed by atoms with Crippen LogP contribution in [-0.4, -0.2) is 5.91 Å². The lowest BCUT2D eigenvalue weighted by Crippen LogP contribution is -2.19. The van der Waals surface area contributed by atoms with Gasteiger partial charge in [-0.15, -0.1) is 0 Å². The molecule has 4 nitrogen and oxygen atoms in total. The Hall–Kier alpha value is -2.04. The molecule has 0 unspecified atom stereocenters. The largest absolute Gasteiger partial charge is 0.455 e. The first-order valence-corrected chi connectivity index (χ1v) is 6.57. The van der Waals surface area contributed by atoms with Gasteiger partial charge in [0.2, 0.25) is 5.91 Å². The van der Waals surface area contributed by atoms with Crippen LogP contribution >= 0.6 is 11.6 Å². The van der Waals surface area contributed by atoms with E-state index in [1.54, 1.807) is 12.1 Å². The zero-order valence-corrected chi connectivity index (χ0v) is 11.6. The fraction of sp³-hybridized carbons (Fsp3) is 0.133. The molecule has 2 aromatic rings. The fourth-order valence-electron chi connectivity index (χ4n) is 2.15. The first-order chi connectivity index (χ1) is 9.56. The van der Waals surface area contributed by atoms with Crippen molar-refractivity contribution in [3.8, 4) is 11.5 Å². The van der Waals surface area contributed by atoms with E-state index in [4.69, 9.17) is 22.1 Å². The maximum Gasteiger partial charge on any atom is 0.245 e. The number of carbonyl (C=O) groups excluding carboxylic acids is 1. The van der Waals surface area contributed by atoms with E-state index in [-0.39, 0.29) is 5.91 Å². The Kier molecular flexibility index (Phi) is 3.12. The first kappa shape index (κ1) is 13.0. The summed E-state index contributed by atoms with van der Waals surface area (Å²) >= 11 is 6.20. The van der Waals surface area contributed by atoms with Crippen molar-refractivity contribution in [2.75, 3.05) is 5.32 Å². The summed E-state index contributed by atoms with van der Waals surface area (Å²) in [4.78, 5) is 11.5. The van der Waals surface area contributed by atoms with Gasteiger partial charge in [0.15, 0.2) is 0 Å². The van der Waals surface area contributed by atoms with E-state index in [1.807, 2.05) is 31.2 Å². The number of benzene rings is 2. The van der Waals surface area contributed by atoms with Crippen molar-refractivity contribution in [2.45, 2.75) is 13.0 Å². The van der Waals surface area contributed by atoms with Gasteiger partial charge in [0.25, 0.3) is 0 Å². The minimum atomic E-state index is -0.671. The van der Waals surface area contributed by atoms with Gasteiger partial charge in [0.1, 0.15) is 17.5 Å². The molecule has 5 heteroatoms. The molecule has 0 aromatic heterocycles. The molecule has 1 atom stereocenters. The minimum Gasteiger partial charge on any atom is -0.455 e. The first-order valence-electron chi connectivity index (χ1n) is 6.19. The molecule has 1 aliphatic rings. The number of rotatable bonds is 2. The van der Waals surface area contributed by atoms with Gasteiger partial charge in [-0.3, -0.25) is 4.79 Å². The summed E-state index contributed by atoms with van der Waals surface area (Å²) in [6, 6.07) is 10.3. The number of nitrogens with two attached hydrogens (primary N) is 1. The number of ether oxygens (including phenoxy) is 1. The molecule has 3 rings (SSSR count). The highest BCUT2D eigenvalue weighted by atomic mass is 35.5. The van der Waals surface area contributed by atoms with Crippen LogP contribution < -0.4 is 15.8 Å². The van der Waals surface area contributed by atoms with E-state index in [2.05, 4.69) is 5.32 Å². The fourth-order valence-corrected chi connectivity index (χ4v) is 2.36. The number of amides is 1. The third kappa shape index (κ3) is 2.13. The maximum atomic E-state index is 11.5. The maximum absolute atomic E-state index is 11.5. The number of aryl methyl sites for hydroxylation is 1. The van der Waals surface area contributed by atoms with Gasteiger partial charge in [0, 0.05) is 17.3 Å². The topological polar surface area (TPSA) is 64.3 Å². The second-order valence-corrected chi connectivity index (χ2v) is 5.11. The Morgan fingerprint density at radius 2 is 2.00 bits per heavy atom. The van der Waals surface area contributed by atoms with Crippen LogP contribution in [0.2, 0.25) is 5.02 Å². The molecule has 0 saturated heterocycles. The smallest absolute Gasteiger partial charge is 0.245 e. The Morgan fingerprint density at radius 3 is 2.75 bits per heavy atom. The molecule has 0 spiro atoms. The van der Waals surface area contributed by atoms with Crippen molar-refractivity contribution in [1.29, 1.82) is 0 Å². The van der Waals surface area contributed by atoms with E-state index in [9.17, 15) is 4.79 Å². The summed E-state index contributed by atoms with van der Waals surface area (Å²) in [5.74, 6) is 0.987. The Bertz CT molecular complexity index is 700. The van der Waals surface area contributed by atoms with E-state index in [0.717, 1.165) is 11.3 Å². The van der Waals surface area contributed by atoms with Crippen LogP contribution in [0.4, 0.5) is 5.69 Å². The average molecular weight is 289 g/mol. The number of halogens is 1. The highest BCUT2D eigenvalue weighted by molar-refractivity contribution is 6.32. The van der Waals surface area contributed by atoms with E-state index >= 15 is 0 Å². The average Bonchev–Trinajstić information content (AvgIpc) is 2.69. The van der Waals surface area contributed by atoms with Gasteiger partial charge in [-0.1, -0.05) is 29.8 Å². The lowest BCUT2D eigenvalue weighted by atomic mass is 10.1. The number of hydrogen-bond donors (Lipinski definition) is 2. The predicted molar refractivity (Wildman–Crippen MR) is 78.3 cm³/mol. The molecular weight excluding hydrogens is 276 g/mol. The number of anilines is 1. The summed E-state index contributed by atoms with van der Waals surface area (Å²) in [5, 5.41) is 3.14. The molecule has 3 N–H and O–H groups in total. The number of para-hydroxylation sites is 1. The third-order valence-electron chi connectivity index (χ3n) is 3.29. The Labute approximate surface area is 121 Å². The lowest BCUT2D eigenvalue weighted by molar-refractivity contribution is -0.116. The number of fused-ring (bicyclic) bond motifs is 1. The molecule has 0 saturated carbocycles. The number of carbonyl (C=O) groups is 1. The number of hydrogen-bond acceptors (Lipinski definition) is 3. The highest BCUT2D eigenvalue weighted by Gasteiger charge is 2.28. The van der Waals surface area contributed by atoms with Gasteiger partial charge in [0.05, 0.1) is 5.02 Å². The molecule has 1 heterocycles. The molecule has 0 aliphatic carbocycles. The second-order valence-electron chi connectivity index (χ2n) is 4.70. The van der Waals surface area contributed by atoms with Crippen molar-refractivity contribution < 1.29 is 9.53 Å². The molecule has 1 aliphatic heterocycles. The third-order valence-corrected chi connectivity index (χ3v) is 3.59. The molecule has 20 heavy (non-hydrogen) atoms. The summed E-state index contributed by atoms with van der Waals surface area (Å²) in [6.07, 6.45) is 0. The van der Waals surface area contributed by atoms with Gasteiger partial charge >= 0.3 is 0 Å². The highest BCUT2D eigenvalue weighted by Crippen LogP contribution is 2.39. The van der Waals surface area contributed by atoms with Crippen molar-refractivity contribution in [2.24, 2.45) is 5.73 Å². The summed E-state index contributed by atoms with van der Waals surface area (Å²) < 4.78 is 5.81. The van der Waals surface area contributed by atoms with Crippen LogP contribution in [-0.2, 0) is 4.79 Å². The molecule has 102 valence electrons. The van der Waals surface area contributed by atoms with E-state index in [0.29, 0.717) is 22.0 Å². The predicted octanol–water partition coefficient (Wildman–Crippen LogP) is 3.39. The summed E-state index contributed by atoms with van der Waals surface area (Å²) in [5.41, 5.74) is 8.12. The van der Waals surface area contributed by atoms with Gasteiger partial charge in [-0.05, 0) is 24.6 Å². The van der Waals surface area contributed by atoms with Gasteiger partial charge < -0.3 is 15.8 Å². The van der Waals surface area contributed by atoms with E-state index in [1.165, 1.54) is 0 Å². The quantitative estimate of drug-likeness (QED) is 0.890. The van der Waals surface area contributed by atoms with Gasteiger partial charge in [-0.25, -0.2) is 0 Å². The number of nitrogens with one attached hydrogen (secondary N) is 1. The molecule has 0 bridgehead atoms. The molecule has 2 aromatic carbocycles. The monoisotopic (exact) mass is 288 g/mol. The van der Waals surface area contributed by atoms with Crippen LogP contribution in [0, 0.1) is 6.92 Å². The molecule has 0 radical (unpaired) electrons. The molecule has 1 amide bonds.